The van der Waals surface area contributed by atoms with Gasteiger partial charge in [-0.3, -0.25) is 57.5 Å². The maximum atomic E-state index is 12.3. The summed E-state index contributed by atoms with van der Waals surface area (Å²) in [6.07, 6.45) is 1.16. The largest absolute Gasteiger partial charge is 0.481 e. The van der Waals surface area contributed by atoms with Crippen molar-refractivity contribution in [3.05, 3.63) is 0 Å². The number of fused-ring (bicyclic) bond motifs is 4. The summed E-state index contributed by atoms with van der Waals surface area (Å²) in [6.45, 7) is 18.4. The van der Waals surface area contributed by atoms with Gasteiger partial charge in [0.15, 0.2) is 10.8 Å². The second kappa shape index (κ2) is 29.1. The monoisotopic (exact) mass is 1280 g/mol. The first-order chi connectivity index (χ1) is 38.4. The van der Waals surface area contributed by atoms with Gasteiger partial charge in [0.2, 0.25) is 0 Å². The molecule has 0 aromatic rings. The lowest BCUT2D eigenvalue weighted by Crippen LogP contribution is -2.45. The molecule has 4 aliphatic heterocycles. The van der Waals surface area contributed by atoms with Crippen LogP contribution in [0.1, 0.15) is 193 Å². The molecule has 0 aromatic carbocycles. The molecular formula is C66H108O24. The summed E-state index contributed by atoms with van der Waals surface area (Å²) in [5.74, 6) is -12.6. The van der Waals surface area contributed by atoms with Crippen LogP contribution >= 0.6 is 0 Å². The molecule has 24 heteroatoms. The number of esters is 8. The quantitative estimate of drug-likeness (QED) is 0.0634. The second-order valence-corrected chi connectivity index (χ2v) is 26.3. The molecule has 8 aliphatic carbocycles. The molecule has 12 fully saturated rings. The second-order valence-electron chi connectivity index (χ2n) is 26.3. The third kappa shape index (κ3) is 12.6. The molecule has 4 heterocycles. The first-order valence-corrected chi connectivity index (χ1v) is 29.0. The molecule has 0 radical (unpaired) electrons. The van der Waals surface area contributed by atoms with Gasteiger partial charge >= 0.3 is 71.6 Å². The van der Waals surface area contributed by atoms with E-state index in [4.69, 9.17) is 37.9 Å². The molecule has 8 saturated carbocycles. The van der Waals surface area contributed by atoms with Gasteiger partial charge in [-0.15, -0.1) is 0 Å². The Labute approximate surface area is 531 Å². The maximum absolute atomic E-state index is 12.3. The van der Waals surface area contributed by atoms with Crippen LogP contribution < -0.4 is 0 Å². The van der Waals surface area contributed by atoms with Crippen LogP contribution in [0.5, 0.6) is 0 Å². The zero-order valence-corrected chi connectivity index (χ0v) is 47.7. The van der Waals surface area contributed by atoms with E-state index in [-0.39, 0.29) is 155 Å². The van der Waals surface area contributed by atoms with Crippen LogP contribution in [0, 0.1) is 105 Å². The van der Waals surface area contributed by atoms with Crippen LogP contribution in [-0.2, 0) is 95.4 Å². The van der Waals surface area contributed by atoms with Gasteiger partial charge in [-0.25, -0.2) is 0 Å². The SMILES string of the molecule is C.C.C.C.C.C.C.C.CCC(C)(C)C(=O)OC1C2CC3C1OC(=O)C3(C(=O)O)C2.CCC(C)(C)C(=O)OC1C2CC3C1OC(=O)C3C2C(=O)O.CCC(C)C(=O)OC1C2CC3C1OC(=O)C3(C(=O)O)C2.CCC(C)C(=O)OC1C2CC3C1OC(=O)C3C2C(=O)O. The smallest absolute Gasteiger partial charge is 0.324 e. The van der Waals surface area contributed by atoms with Gasteiger partial charge in [0.1, 0.15) is 48.8 Å². The lowest BCUT2D eigenvalue weighted by atomic mass is 9.73. The number of hydrogen-bond donors (Lipinski definition) is 4. The predicted molar refractivity (Wildman–Crippen MR) is 325 cm³/mol. The third-order valence-electron chi connectivity index (χ3n) is 21.5. The Morgan fingerprint density at radius 3 is 1.09 bits per heavy atom. The Morgan fingerprint density at radius 2 is 0.778 bits per heavy atom. The molecule has 8 bridgehead atoms. The van der Waals surface area contributed by atoms with Crippen LogP contribution in [0.4, 0.5) is 0 Å². The van der Waals surface area contributed by atoms with E-state index in [0.717, 1.165) is 0 Å². The third-order valence-corrected chi connectivity index (χ3v) is 21.5. The fourth-order valence-electron chi connectivity index (χ4n) is 15.6. The number of ether oxygens (including phenoxy) is 8. The topological polar surface area (TPSA) is 360 Å². The Balaban J connectivity index is 0.000000583. The van der Waals surface area contributed by atoms with Gasteiger partial charge in [-0.05, 0) is 91.9 Å². The zero-order chi connectivity index (χ0) is 60.4. The molecule has 4 N–H and O–H groups in total. The van der Waals surface area contributed by atoms with Gasteiger partial charge < -0.3 is 58.3 Å². The van der Waals surface area contributed by atoms with Gasteiger partial charge in [-0.2, -0.15) is 0 Å². The van der Waals surface area contributed by atoms with Crippen molar-refractivity contribution < 1.29 is 116 Å². The number of rotatable bonds is 16. The molecule has 24 nitrogen and oxygen atoms in total. The van der Waals surface area contributed by atoms with Crippen LogP contribution in [0.25, 0.3) is 0 Å². The number of carboxylic acids is 4. The van der Waals surface area contributed by atoms with Crippen LogP contribution in [-0.4, -0.2) is 141 Å². The molecule has 516 valence electrons. The molecule has 90 heavy (non-hydrogen) atoms. The Morgan fingerprint density at radius 1 is 0.467 bits per heavy atom. The molecule has 12 aliphatic rings. The number of carbonyl (C=O) groups excluding carboxylic acids is 8. The minimum atomic E-state index is -1.40. The van der Waals surface area contributed by atoms with E-state index in [0.29, 0.717) is 51.4 Å². The average Bonchev–Trinajstić information content (AvgIpc) is 1.58. The van der Waals surface area contributed by atoms with E-state index < -0.39 is 142 Å². The van der Waals surface area contributed by atoms with E-state index >= 15 is 0 Å². The molecule has 0 aromatic heterocycles. The van der Waals surface area contributed by atoms with E-state index in [1.54, 1.807) is 27.7 Å². The van der Waals surface area contributed by atoms with Crippen molar-refractivity contribution >= 4 is 71.6 Å². The summed E-state index contributed by atoms with van der Waals surface area (Å²) >= 11 is 0. The number of carbonyl (C=O) groups is 12. The van der Waals surface area contributed by atoms with Crippen molar-refractivity contribution in [3.63, 3.8) is 0 Å². The molecule has 0 spiro atoms. The minimum Gasteiger partial charge on any atom is -0.481 e. The van der Waals surface area contributed by atoms with Crippen LogP contribution in [0.2, 0.25) is 0 Å². The molecule has 12 rings (SSSR count). The zero-order valence-electron chi connectivity index (χ0n) is 47.7. The van der Waals surface area contributed by atoms with Crippen molar-refractivity contribution in [3.8, 4) is 0 Å². The lowest BCUT2D eigenvalue weighted by molar-refractivity contribution is -0.173. The van der Waals surface area contributed by atoms with E-state index in [2.05, 4.69) is 0 Å². The lowest BCUT2D eigenvalue weighted by Gasteiger charge is -2.32. The standard InChI is InChI=1S/2C15H20O6.2C14H18O6.8CH4/c1-4-14(2,3)12(18)20-9-7-5-8-10(9)21-13(19)15(8,6-7)11(16)17;1-4-15(2,3)14(19)21-11-6-5-7-9(8(6)12(16)17)13(18)20-10(7)11;1-3-6(2)11(15)19-9-7-4-8-10(9)20-13(18)14(8,5-7)12(16)17;1-3-5(2)13(17)19-10-6-4-7-9(8(6)12(15)16)14(18)20-11(7)10;;;;;;;;/h7-10H,4-6H2,1-3H3,(H,16,17);6-11H,4-5H2,1-3H3,(H,16,17);6-10H,3-5H2,1-2H3,(H,16,17);5-11H,3-4H2,1-2H3,(H,15,16);8*1H4. The Hall–Kier alpha value is -6.36. The predicted octanol–water partition coefficient (Wildman–Crippen LogP) is 9.50. The van der Waals surface area contributed by atoms with Crippen LogP contribution in [0.3, 0.4) is 0 Å². The summed E-state index contributed by atoms with van der Waals surface area (Å²) < 4.78 is 43.2. The first-order valence-electron chi connectivity index (χ1n) is 29.0. The van der Waals surface area contributed by atoms with Gasteiger partial charge in [-0.1, -0.05) is 101 Å². The van der Waals surface area contributed by atoms with E-state index in [9.17, 15) is 78.0 Å². The number of hydrogen-bond acceptors (Lipinski definition) is 20. The summed E-state index contributed by atoms with van der Waals surface area (Å²) in [4.78, 5) is 142. The maximum Gasteiger partial charge on any atom is 0.324 e. The van der Waals surface area contributed by atoms with Crippen molar-refractivity contribution in [2.75, 3.05) is 0 Å². The Bertz CT molecular complexity index is 2720. The van der Waals surface area contributed by atoms with Crippen molar-refractivity contribution in [1.29, 1.82) is 0 Å². The van der Waals surface area contributed by atoms with E-state index in [1.807, 2.05) is 41.5 Å². The molecule has 24 atom stereocenters. The van der Waals surface area contributed by atoms with Crippen molar-refractivity contribution in [1.82, 2.24) is 0 Å². The molecule has 24 unspecified atom stereocenters. The van der Waals surface area contributed by atoms with Gasteiger partial charge in [0.05, 0.1) is 46.3 Å². The minimum absolute atomic E-state index is 0. The number of carboxylic acid groups (broad SMARTS) is 4. The summed E-state index contributed by atoms with van der Waals surface area (Å²) in [6, 6.07) is 0. The van der Waals surface area contributed by atoms with Crippen molar-refractivity contribution in [2.24, 2.45) is 105 Å². The normalized spacial score (nSPS) is 37.6. The summed E-state index contributed by atoms with van der Waals surface area (Å²) in [5, 5.41) is 37.5. The average molecular weight is 1290 g/mol. The fourth-order valence-corrected chi connectivity index (χ4v) is 15.6. The van der Waals surface area contributed by atoms with Gasteiger partial charge in [0.25, 0.3) is 0 Å². The highest BCUT2D eigenvalue weighted by atomic mass is 16.6. The molecular weight excluding hydrogens is 1180 g/mol. The summed E-state index contributed by atoms with van der Waals surface area (Å²) in [7, 11) is 0. The van der Waals surface area contributed by atoms with E-state index in [1.165, 1.54) is 0 Å². The fraction of sp³-hybridized carbons (Fsp3) is 0.818. The summed E-state index contributed by atoms with van der Waals surface area (Å²) in [5.41, 5.74) is -4.01. The highest BCUT2D eigenvalue weighted by Gasteiger charge is 2.77. The number of aliphatic carboxylic acids is 4. The van der Waals surface area contributed by atoms with Gasteiger partial charge in [0, 0.05) is 47.3 Å². The highest BCUT2D eigenvalue weighted by molar-refractivity contribution is 6.03. The Kier molecular flexibility index (Phi) is 26.4. The molecule has 0 amide bonds. The van der Waals surface area contributed by atoms with Crippen molar-refractivity contribution in [2.45, 2.75) is 242 Å². The van der Waals surface area contributed by atoms with Crippen LogP contribution in [0.15, 0.2) is 0 Å². The highest BCUT2D eigenvalue weighted by Crippen LogP contribution is 2.65. The first kappa shape index (κ1) is 81.7. The molecule has 4 saturated heterocycles.